The minimum Gasteiger partial charge on any atom is -0.466 e. The SMILES string of the molecule is CCNC(=NCC(C)(O)c1ccco1)N1CCN(S(=O)(=O)Cc2ccon2)CC1.I. The summed E-state index contributed by atoms with van der Waals surface area (Å²) in [5, 5.41) is 17.5. The predicted octanol–water partition coefficient (Wildman–Crippen LogP) is 1.21. The second-order valence-electron chi connectivity index (χ2n) is 7.05. The number of guanidine groups is 1. The van der Waals surface area contributed by atoms with E-state index in [1.807, 2.05) is 11.8 Å². The smallest absolute Gasteiger partial charge is 0.220 e. The molecule has 1 fully saturated rings. The van der Waals surface area contributed by atoms with Crippen LogP contribution in [-0.2, 0) is 21.4 Å². The molecule has 1 unspecified atom stereocenters. The number of furan rings is 1. The van der Waals surface area contributed by atoms with E-state index in [9.17, 15) is 13.5 Å². The minimum absolute atomic E-state index is 0. The lowest BCUT2D eigenvalue weighted by molar-refractivity contribution is 0.0434. The first kappa shape index (κ1) is 24.6. The molecule has 0 aromatic carbocycles. The van der Waals surface area contributed by atoms with E-state index in [0.717, 1.165) is 0 Å². The van der Waals surface area contributed by atoms with Crippen molar-refractivity contribution in [3.8, 4) is 0 Å². The van der Waals surface area contributed by atoms with Gasteiger partial charge in [-0.3, -0.25) is 0 Å². The van der Waals surface area contributed by atoms with Crippen LogP contribution in [0.5, 0.6) is 0 Å². The van der Waals surface area contributed by atoms with Gasteiger partial charge in [0.2, 0.25) is 10.0 Å². The zero-order valence-corrected chi connectivity index (χ0v) is 20.2. The van der Waals surface area contributed by atoms with Crippen molar-refractivity contribution < 1.29 is 22.5 Å². The number of hydrogen-bond donors (Lipinski definition) is 2. The largest absolute Gasteiger partial charge is 0.466 e. The summed E-state index contributed by atoms with van der Waals surface area (Å²) in [5.74, 6) is 0.901. The molecule has 1 saturated heterocycles. The number of rotatable bonds is 7. The Morgan fingerprint density at radius 3 is 2.60 bits per heavy atom. The van der Waals surface area contributed by atoms with Gasteiger partial charge in [-0.15, -0.1) is 24.0 Å². The maximum atomic E-state index is 12.6. The molecule has 2 N–H and O–H groups in total. The van der Waals surface area contributed by atoms with Crippen molar-refractivity contribution in [2.75, 3.05) is 39.3 Å². The third-order valence-electron chi connectivity index (χ3n) is 4.68. The highest BCUT2D eigenvalue weighted by molar-refractivity contribution is 14.0. The molecule has 0 bridgehead atoms. The van der Waals surface area contributed by atoms with Gasteiger partial charge in [-0.1, -0.05) is 5.16 Å². The Bertz CT molecular complexity index is 892. The van der Waals surface area contributed by atoms with Crippen LogP contribution in [0.3, 0.4) is 0 Å². The molecule has 2 aromatic rings. The van der Waals surface area contributed by atoms with Crippen LogP contribution in [0.4, 0.5) is 0 Å². The normalized spacial score (nSPS) is 18.0. The lowest BCUT2D eigenvalue weighted by atomic mass is 10.0. The maximum absolute atomic E-state index is 12.6. The van der Waals surface area contributed by atoms with E-state index in [1.54, 1.807) is 25.1 Å². The Hall–Kier alpha value is -1.64. The molecule has 0 aliphatic carbocycles. The second kappa shape index (κ2) is 10.6. The fraction of sp³-hybridized carbons (Fsp3) is 0.556. The summed E-state index contributed by atoms with van der Waals surface area (Å²) in [6, 6.07) is 4.98. The number of aliphatic imine (C=N–C) groups is 1. The molecular formula is C18H28IN5O5S. The fourth-order valence-electron chi connectivity index (χ4n) is 3.09. The van der Waals surface area contributed by atoms with Crippen molar-refractivity contribution in [2.45, 2.75) is 25.2 Å². The highest BCUT2D eigenvalue weighted by Gasteiger charge is 2.30. The summed E-state index contributed by atoms with van der Waals surface area (Å²) in [6.45, 7) is 6.06. The Morgan fingerprint density at radius 2 is 2.03 bits per heavy atom. The molecule has 10 nitrogen and oxygen atoms in total. The molecule has 3 rings (SSSR count). The summed E-state index contributed by atoms with van der Waals surface area (Å²) in [6.07, 6.45) is 2.87. The summed E-state index contributed by atoms with van der Waals surface area (Å²) in [4.78, 5) is 6.53. The van der Waals surface area contributed by atoms with E-state index in [4.69, 9.17) is 8.94 Å². The maximum Gasteiger partial charge on any atom is 0.220 e. The number of aliphatic hydroxyl groups is 1. The molecule has 12 heteroatoms. The topological polar surface area (TPSA) is 124 Å². The first-order valence-corrected chi connectivity index (χ1v) is 11.1. The van der Waals surface area contributed by atoms with Crippen molar-refractivity contribution >= 4 is 40.0 Å². The second-order valence-corrected chi connectivity index (χ2v) is 9.02. The van der Waals surface area contributed by atoms with Crippen LogP contribution in [0, 0.1) is 0 Å². The third-order valence-corrected chi connectivity index (χ3v) is 6.49. The molecule has 0 saturated carbocycles. The Balaban J connectivity index is 0.00000320. The fourth-order valence-corrected chi connectivity index (χ4v) is 4.51. The molecule has 1 atom stereocenters. The van der Waals surface area contributed by atoms with Crippen molar-refractivity contribution in [3.63, 3.8) is 0 Å². The zero-order valence-electron chi connectivity index (χ0n) is 17.0. The lowest BCUT2D eigenvalue weighted by Gasteiger charge is -2.36. The van der Waals surface area contributed by atoms with Gasteiger partial charge in [-0.2, -0.15) is 4.31 Å². The van der Waals surface area contributed by atoms with E-state index in [1.165, 1.54) is 16.8 Å². The van der Waals surface area contributed by atoms with Crippen LogP contribution in [0.25, 0.3) is 0 Å². The first-order chi connectivity index (χ1) is 13.8. The van der Waals surface area contributed by atoms with Crippen LogP contribution in [0.2, 0.25) is 0 Å². The number of hydrogen-bond acceptors (Lipinski definition) is 7. The van der Waals surface area contributed by atoms with Gasteiger partial charge in [0.15, 0.2) is 5.96 Å². The van der Waals surface area contributed by atoms with Gasteiger partial charge < -0.3 is 24.3 Å². The summed E-state index contributed by atoms with van der Waals surface area (Å²) < 4.78 is 36.6. The predicted molar refractivity (Wildman–Crippen MR) is 122 cm³/mol. The third kappa shape index (κ3) is 6.18. The highest BCUT2D eigenvalue weighted by atomic mass is 127. The molecule has 0 spiro atoms. The molecule has 1 aliphatic rings. The average molecular weight is 553 g/mol. The van der Waals surface area contributed by atoms with Gasteiger partial charge >= 0.3 is 0 Å². The molecule has 2 aromatic heterocycles. The monoisotopic (exact) mass is 553 g/mol. The molecular weight excluding hydrogens is 525 g/mol. The Morgan fingerprint density at radius 1 is 1.30 bits per heavy atom. The minimum atomic E-state index is -3.46. The summed E-state index contributed by atoms with van der Waals surface area (Å²) >= 11 is 0. The first-order valence-electron chi connectivity index (χ1n) is 9.48. The molecule has 0 amide bonds. The van der Waals surface area contributed by atoms with Crippen LogP contribution >= 0.6 is 24.0 Å². The van der Waals surface area contributed by atoms with Crippen LogP contribution in [0.15, 0.2) is 44.7 Å². The Labute approximate surface area is 193 Å². The number of sulfonamides is 1. The van der Waals surface area contributed by atoms with Crippen molar-refractivity contribution in [2.24, 2.45) is 4.99 Å². The van der Waals surface area contributed by atoms with Gasteiger partial charge in [0.25, 0.3) is 0 Å². The number of piperazine rings is 1. The van der Waals surface area contributed by atoms with Gasteiger partial charge in [0.05, 0.1) is 18.5 Å². The van der Waals surface area contributed by atoms with E-state index in [0.29, 0.717) is 50.1 Å². The molecule has 168 valence electrons. The standard InChI is InChI=1S/C18H27N5O5S.HI/c1-3-19-17(20-14-18(2,24)16-5-4-11-27-16)22-7-9-23(10-8-22)29(25,26)13-15-6-12-28-21-15;/h4-6,11-12,24H,3,7-10,13-14H2,1-2H3,(H,19,20);1H. The van der Waals surface area contributed by atoms with E-state index in [-0.39, 0.29) is 36.3 Å². The van der Waals surface area contributed by atoms with Crippen molar-refractivity contribution in [1.29, 1.82) is 0 Å². The quantitative estimate of drug-likeness (QED) is 0.298. The van der Waals surface area contributed by atoms with Gasteiger partial charge in [-0.25, -0.2) is 13.4 Å². The van der Waals surface area contributed by atoms with Gasteiger partial charge in [0.1, 0.15) is 23.4 Å². The highest BCUT2D eigenvalue weighted by Crippen LogP contribution is 2.21. The molecule has 3 heterocycles. The molecule has 0 radical (unpaired) electrons. The Kier molecular flexibility index (Phi) is 8.70. The average Bonchev–Trinajstić information content (AvgIpc) is 3.39. The van der Waals surface area contributed by atoms with E-state index < -0.39 is 15.6 Å². The number of aromatic nitrogens is 1. The van der Waals surface area contributed by atoms with Gasteiger partial charge in [0, 0.05) is 38.8 Å². The van der Waals surface area contributed by atoms with Gasteiger partial charge in [-0.05, 0) is 26.0 Å². The van der Waals surface area contributed by atoms with Crippen LogP contribution in [-0.4, -0.2) is 73.1 Å². The lowest BCUT2D eigenvalue weighted by Crippen LogP contribution is -2.54. The summed E-state index contributed by atoms with van der Waals surface area (Å²) in [5.41, 5.74) is -0.838. The van der Waals surface area contributed by atoms with Crippen LogP contribution in [0.1, 0.15) is 25.3 Å². The molecule has 30 heavy (non-hydrogen) atoms. The summed E-state index contributed by atoms with van der Waals surface area (Å²) in [7, 11) is -3.46. The van der Waals surface area contributed by atoms with E-state index >= 15 is 0 Å². The van der Waals surface area contributed by atoms with E-state index in [2.05, 4.69) is 15.5 Å². The number of halogens is 1. The number of nitrogens with one attached hydrogen (secondary N) is 1. The zero-order chi connectivity index (χ0) is 20.9. The van der Waals surface area contributed by atoms with Crippen molar-refractivity contribution in [3.05, 3.63) is 42.2 Å². The molecule has 1 aliphatic heterocycles. The van der Waals surface area contributed by atoms with Crippen LogP contribution < -0.4 is 5.32 Å². The van der Waals surface area contributed by atoms with Crippen molar-refractivity contribution in [1.82, 2.24) is 19.7 Å². The number of nitrogens with zero attached hydrogens (tertiary/aromatic N) is 4.